The van der Waals surface area contributed by atoms with E-state index in [1.165, 1.54) is 6.42 Å². The Hall–Kier alpha value is -1.85. The Bertz CT molecular complexity index is 568. The lowest BCUT2D eigenvalue weighted by Crippen LogP contribution is -2.36. The molecule has 0 bridgehead atoms. The molecule has 1 fully saturated rings. The minimum absolute atomic E-state index is 0.452. The highest BCUT2D eigenvalue weighted by atomic mass is 16.5. The third kappa shape index (κ3) is 3.48. The third-order valence-corrected chi connectivity index (χ3v) is 4.36. The Morgan fingerprint density at radius 2 is 2.18 bits per heavy atom. The van der Waals surface area contributed by atoms with Gasteiger partial charge < -0.3 is 9.84 Å². The molecule has 0 radical (unpaired) electrons. The number of nitrogens with zero attached hydrogens (tertiary/aromatic N) is 3. The van der Waals surface area contributed by atoms with Crippen LogP contribution in [0.15, 0.2) is 42.7 Å². The summed E-state index contributed by atoms with van der Waals surface area (Å²) >= 11 is 0. The monoisotopic (exact) mass is 301 g/mol. The number of rotatable bonds is 6. The fourth-order valence-corrected chi connectivity index (χ4v) is 3.12. The van der Waals surface area contributed by atoms with Crippen molar-refractivity contribution < 1.29 is 9.84 Å². The van der Waals surface area contributed by atoms with Crippen LogP contribution < -0.4 is 4.74 Å². The van der Waals surface area contributed by atoms with Gasteiger partial charge in [0, 0.05) is 25.0 Å². The first kappa shape index (κ1) is 15.1. The molecule has 1 aromatic carbocycles. The van der Waals surface area contributed by atoms with E-state index in [4.69, 9.17) is 4.74 Å². The first-order chi connectivity index (χ1) is 10.8. The summed E-state index contributed by atoms with van der Waals surface area (Å²) in [6.45, 7) is 2.60. The van der Waals surface area contributed by atoms with Crippen molar-refractivity contribution >= 4 is 0 Å². The van der Waals surface area contributed by atoms with Crippen LogP contribution in [0.25, 0.3) is 0 Å². The molecular formula is C17H23N3O2. The van der Waals surface area contributed by atoms with Crippen LogP contribution in [0.3, 0.4) is 0 Å². The van der Waals surface area contributed by atoms with Gasteiger partial charge in [0.05, 0.1) is 19.8 Å². The molecule has 0 unspecified atom stereocenters. The van der Waals surface area contributed by atoms with Crippen LogP contribution >= 0.6 is 0 Å². The molecule has 1 aromatic heterocycles. The summed E-state index contributed by atoms with van der Waals surface area (Å²) in [5.41, 5.74) is 0.936. The quantitative estimate of drug-likeness (QED) is 0.887. The van der Waals surface area contributed by atoms with Gasteiger partial charge in [0.2, 0.25) is 0 Å². The van der Waals surface area contributed by atoms with Gasteiger partial charge in [-0.2, -0.15) is 5.10 Å². The molecule has 5 heteroatoms. The van der Waals surface area contributed by atoms with E-state index < -0.39 is 6.10 Å². The van der Waals surface area contributed by atoms with Crippen LogP contribution in [0, 0.1) is 0 Å². The summed E-state index contributed by atoms with van der Waals surface area (Å²) in [6, 6.07) is 10.1. The highest BCUT2D eigenvalue weighted by Crippen LogP contribution is 2.24. The molecule has 2 aromatic rings. The smallest absolute Gasteiger partial charge is 0.118 e. The van der Waals surface area contributed by atoms with E-state index in [1.54, 1.807) is 7.11 Å². The molecule has 1 aliphatic rings. The number of aromatic nitrogens is 2. The molecule has 0 amide bonds. The number of β-amino-alcohol motifs (C(OH)–C–C–N with tert-alkyl or cyclic N) is 1. The third-order valence-electron chi connectivity index (χ3n) is 4.36. The summed E-state index contributed by atoms with van der Waals surface area (Å²) in [5.74, 6) is 0.814. The molecule has 2 atom stereocenters. The average molecular weight is 301 g/mol. The van der Waals surface area contributed by atoms with Crippen molar-refractivity contribution in [3.05, 3.63) is 48.3 Å². The van der Waals surface area contributed by atoms with E-state index in [9.17, 15) is 5.11 Å². The maximum absolute atomic E-state index is 10.5. The second-order valence-electron chi connectivity index (χ2n) is 5.81. The Kier molecular flexibility index (Phi) is 4.75. The van der Waals surface area contributed by atoms with Gasteiger partial charge in [0.15, 0.2) is 0 Å². The number of methoxy groups -OCH3 is 1. The molecule has 0 spiro atoms. The highest BCUT2D eigenvalue weighted by molar-refractivity contribution is 5.28. The highest BCUT2D eigenvalue weighted by Gasteiger charge is 2.27. The van der Waals surface area contributed by atoms with Gasteiger partial charge in [-0.15, -0.1) is 0 Å². The Labute approximate surface area is 131 Å². The van der Waals surface area contributed by atoms with Gasteiger partial charge in [0.1, 0.15) is 5.75 Å². The molecule has 1 N–H and O–H groups in total. The van der Waals surface area contributed by atoms with Crippen molar-refractivity contribution in [1.82, 2.24) is 14.7 Å². The average Bonchev–Trinajstić information content (AvgIpc) is 3.20. The van der Waals surface area contributed by atoms with E-state index in [1.807, 2.05) is 47.4 Å². The molecule has 0 saturated carbocycles. The Morgan fingerprint density at radius 3 is 2.86 bits per heavy atom. The molecule has 1 aliphatic heterocycles. The normalized spacial score (nSPS) is 20.2. The molecule has 0 aliphatic carbocycles. The second kappa shape index (κ2) is 6.94. The summed E-state index contributed by atoms with van der Waals surface area (Å²) in [4.78, 5) is 2.37. The Balaban J connectivity index is 1.60. The fraction of sp³-hybridized carbons (Fsp3) is 0.471. The summed E-state index contributed by atoms with van der Waals surface area (Å²) in [6.07, 6.45) is 5.68. The largest absolute Gasteiger partial charge is 0.497 e. The van der Waals surface area contributed by atoms with Crippen molar-refractivity contribution in [2.24, 2.45) is 0 Å². The van der Waals surface area contributed by atoms with Crippen molar-refractivity contribution in [2.75, 3.05) is 20.2 Å². The molecule has 1 saturated heterocycles. The number of aliphatic hydroxyl groups is 1. The Morgan fingerprint density at radius 1 is 1.36 bits per heavy atom. The van der Waals surface area contributed by atoms with Crippen LogP contribution in [0.1, 0.15) is 24.5 Å². The van der Waals surface area contributed by atoms with Gasteiger partial charge in [-0.05, 0) is 43.1 Å². The first-order valence-corrected chi connectivity index (χ1v) is 7.80. The van der Waals surface area contributed by atoms with Crippen LogP contribution in [0.2, 0.25) is 0 Å². The topological polar surface area (TPSA) is 50.5 Å². The lowest BCUT2D eigenvalue weighted by molar-refractivity contribution is 0.100. The van der Waals surface area contributed by atoms with Gasteiger partial charge in [-0.3, -0.25) is 9.58 Å². The predicted octanol–water partition coefficient (Wildman–Crippen LogP) is 2.09. The molecule has 118 valence electrons. The molecule has 5 nitrogen and oxygen atoms in total. The van der Waals surface area contributed by atoms with E-state index in [2.05, 4.69) is 10.00 Å². The van der Waals surface area contributed by atoms with E-state index >= 15 is 0 Å². The zero-order valence-corrected chi connectivity index (χ0v) is 12.9. The number of benzene rings is 1. The zero-order chi connectivity index (χ0) is 15.4. The van der Waals surface area contributed by atoms with Crippen LogP contribution in [0.5, 0.6) is 5.75 Å². The molecule has 22 heavy (non-hydrogen) atoms. The van der Waals surface area contributed by atoms with Crippen molar-refractivity contribution in [2.45, 2.75) is 31.5 Å². The van der Waals surface area contributed by atoms with Crippen LogP contribution in [-0.4, -0.2) is 46.0 Å². The predicted molar refractivity (Wildman–Crippen MR) is 84.8 cm³/mol. The molecule has 2 heterocycles. The van der Waals surface area contributed by atoms with Crippen molar-refractivity contribution in [1.29, 1.82) is 0 Å². The van der Waals surface area contributed by atoms with E-state index in [0.29, 0.717) is 12.6 Å². The minimum Gasteiger partial charge on any atom is -0.497 e. The van der Waals surface area contributed by atoms with Crippen LogP contribution in [0.4, 0.5) is 0 Å². The maximum Gasteiger partial charge on any atom is 0.118 e. The van der Waals surface area contributed by atoms with E-state index in [-0.39, 0.29) is 0 Å². The van der Waals surface area contributed by atoms with Crippen molar-refractivity contribution in [3.8, 4) is 5.75 Å². The molecule has 3 rings (SSSR count). The summed E-state index contributed by atoms with van der Waals surface area (Å²) in [5, 5.41) is 14.8. The zero-order valence-electron chi connectivity index (χ0n) is 12.9. The van der Waals surface area contributed by atoms with E-state index in [0.717, 1.165) is 30.8 Å². The standard InChI is InChI=1S/C17H23N3O2/c1-22-16-7-5-14(6-8-16)17(21)13-19-10-2-4-15(19)12-20-11-3-9-18-20/h3,5-9,11,15,17,21H,2,4,10,12-13H2,1H3/t15-,17+/m1/s1. The van der Waals surface area contributed by atoms with Crippen LogP contribution in [-0.2, 0) is 6.54 Å². The second-order valence-corrected chi connectivity index (χ2v) is 5.81. The number of likely N-dealkylation sites (tertiary alicyclic amines) is 1. The number of ether oxygens (including phenoxy) is 1. The van der Waals surface area contributed by atoms with Gasteiger partial charge >= 0.3 is 0 Å². The first-order valence-electron chi connectivity index (χ1n) is 7.80. The van der Waals surface area contributed by atoms with Gasteiger partial charge in [-0.1, -0.05) is 12.1 Å². The number of hydrogen-bond donors (Lipinski definition) is 1. The van der Waals surface area contributed by atoms with Crippen molar-refractivity contribution in [3.63, 3.8) is 0 Å². The SMILES string of the molecule is COc1ccc([C@@H](O)CN2CCC[C@@H]2Cn2cccn2)cc1. The maximum atomic E-state index is 10.5. The minimum atomic E-state index is -0.468. The lowest BCUT2D eigenvalue weighted by Gasteiger charge is -2.27. The lowest BCUT2D eigenvalue weighted by atomic mass is 10.1. The van der Waals surface area contributed by atoms with Gasteiger partial charge in [-0.25, -0.2) is 0 Å². The molecular weight excluding hydrogens is 278 g/mol. The number of aliphatic hydroxyl groups excluding tert-OH is 1. The number of hydrogen-bond acceptors (Lipinski definition) is 4. The summed E-state index contributed by atoms with van der Waals surface area (Å²) < 4.78 is 7.13. The fourth-order valence-electron chi connectivity index (χ4n) is 3.12. The summed E-state index contributed by atoms with van der Waals surface area (Å²) in [7, 11) is 1.65. The van der Waals surface area contributed by atoms with Gasteiger partial charge in [0.25, 0.3) is 0 Å².